The summed E-state index contributed by atoms with van der Waals surface area (Å²) in [7, 11) is 0. The van der Waals surface area contributed by atoms with Crippen LogP contribution < -0.4 is 5.56 Å². The molecule has 0 saturated carbocycles. The summed E-state index contributed by atoms with van der Waals surface area (Å²) in [5.41, 5.74) is -1.10. The third kappa shape index (κ3) is 1.92. The largest absolute Gasteiger partial charge is 0.478 e. The number of H-pyrrole nitrogens is 1. The first kappa shape index (κ1) is 11.0. The molecule has 86 valence electrons. The molecule has 1 heterocycles. The van der Waals surface area contributed by atoms with Crippen molar-refractivity contribution in [1.29, 1.82) is 0 Å². The van der Waals surface area contributed by atoms with Gasteiger partial charge in [-0.05, 0) is 6.07 Å². The van der Waals surface area contributed by atoms with Crippen molar-refractivity contribution in [1.82, 2.24) is 9.97 Å². The monoisotopic (exact) mass is 234 g/mol. The Morgan fingerprint density at radius 3 is 2.76 bits per heavy atom. The number of carbonyl (C=O) groups is 1. The molecule has 0 bridgehead atoms. The number of hydrogen-bond acceptors (Lipinski definition) is 3. The summed E-state index contributed by atoms with van der Waals surface area (Å²) in [6.07, 6.45) is 2.35. The molecular weight excluding hydrogens is 227 g/mol. The zero-order valence-electron chi connectivity index (χ0n) is 8.48. The first-order chi connectivity index (χ1) is 8.11. The van der Waals surface area contributed by atoms with E-state index in [2.05, 4.69) is 9.97 Å². The zero-order chi connectivity index (χ0) is 12.4. The van der Waals surface area contributed by atoms with E-state index in [9.17, 15) is 14.0 Å². The molecule has 5 nitrogen and oxygen atoms in total. The van der Waals surface area contributed by atoms with Gasteiger partial charge in [0.05, 0.1) is 17.5 Å². The van der Waals surface area contributed by atoms with Gasteiger partial charge in [-0.25, -0.2) is 14.2 Å². The van der Waals surface area contributed by atoms with Crippen LogP contribution in [-0.2, 0) is 0 Å². The van der Waals surface area contributed by atoms with Gasteiger partial charge in [0.25, 0.3) is 5.56 Å². The Balaban J connectivity index is 2.70. The highest BCUT2D eigenvalue weighted by molar-refractivity contribution is 5.89. The number of hydrogen-bond donors (Lipinski definition) is 2. The van der Waals surface area contributed by atoms with Gasteiger partial charge < -0.3 is 10.1 Å². The quantitative estimate of drug-likeness (QED) is 0.819. The molecule has 2 aromatic rings. The molecule has 0 aliphatic rings. The number of aromatic amines is 1. The van der Waals surface area contributed by atoms with Crippen LogP contribution >= 0.6 is 0 Å². The van der Waals surface area contributed by atoms with Crippen molar-refractivity contribution in [2.45, 2.75) is 0 Å². The first-order valence-electron chi connectivity index (χ1n) is 4.66. The minimum absolute atomic E-state index is 0.00639. The van der Waals surface area contributed by atoms with Gasteiger partial charge in [0.15, 0.2) is 0 Å². The fourth-order valence-electron chi connectivity index (χ4n) is 1.44. The molecule has 1 aromatic carbocycles. The first-order valence-corrected chi connectivity index (χ1v) is 4.66. The number of aromatic nitrogens is 2. The second-order valence-corrected chi connectivity index (χ2v) is 3.27. The molecule has 0 spiro atoms. The van der Waals surface area contributed by atoms with Crippen molar-refractivity contribution in [3.8, 4) is 11.1 Å². The maximum absolute atomic E-state index is 13.8. The summed E-state index contributed by atoms with van der Waals surface area (Å²) in [5, 5.41) is 8.76. The molecule has 0 fully saturated rings. The van der Waals surface area contributed by atoms with Crippen molar-refractivity contribution < 1.29 is 14.3 Å². The summed E-state index contributed by atoms with van der Waals surface area (Å²) < 4.78 is 13.8. The molecule has 0 amide bonds. The fraction of sp³-hybridized carbons (Fsp3) is 0. The van der Waals surface area contributed by atoms with Crippen LogP contribution in [0.2, 0.25) is 0 Å². The summed E-state index contributed by atoms with van der Waals surface area (Å²) in [6, 6.07) is 3.83. The number of aromatic carboxylic acids is 1. The van der Waals surface area contributed by atoms with Gasteiger partial charge >= 0.3 is 5.97 Å². The Morgan fingerprint density at radius 2 is 2.12 bits per heavy atom. The van der Waals surface area contributed by atoms with E-state index < -0.39 is 22.9 Å². The number of benzene rings is 1. The van der Waals surface area contributed by atoms with E-state index in [1.165, 1.54) is 24.7 Å². The lowest BCUT2D eigenvalue weighted by Gasteiger charge is -2.04. The molecule has 0 aliphatic carbocycles. The molecule has 0 unspecified atom stereocenters. The molecule has 0 radical (unpaired) electrons. The Bertz CT molecular complexity index is 637. The van der Waals surface area contributed by atoms with Gasteiger partial charge in [0, 0.05) is 11.8 Å². The lowest BCUT2D eigenvalue weighted by molar-refractivity contribution is 0.0692. The van der Waals surface area contributed by atoms with Crippen LogP contribution in [0.4, 0.5) is 4.39 Å². The van der Waals surface area contributed by atoms with Crippen LogP contribution in [-0.4, -0.2) is 21.0 Å². The highest BCUT2D eigenvalue weighted by Gasteiger charge is 2.16. The van der Waals surface area contributed by atoms with Gasteiger partial charge in [-0.15, -0.1) is 0 Å². The lowest BCUT2D eigenvalue weighted by Crippen LogP contribution is -2.11. The smallest absolute Gasteiger partial charge is 0.338 e. The van der Waals surface area contributed by atoms with Crippen molar-refractivity contribution in [2.24, 2.45) is 0 Å². The Kier molecular flexibility index (Phi) is 2.70. The minimum atomic E-state index is -1.38. The summed E-state index contributed by atoms with van der Waals surface area (Å²) in [5.74, 6) is -2.33. The van der Waals surface area contributed by atoms with Crippen molar-refractivity contribution in [3.63, 3.8) is 0 Å². The average molecular weight is 234 g/mol. The maximum Gasteiger partial charge on any atom is 0.338 e. The molecule has 1 aromatic heterocycles. The van der Waals surface area contributed by atoms with Gasteiger partial charge in [-0.3, -0.25) is 4.79 Å². The van der Waals surface area contributed by atoms with E-state index in [1.54, 1.807) is 0 Å². The van der Waals surface area contributed by atoms with E-state index >= 15 is 0 Å². The number of nitrogens with one attached hydrogen (secondary N) is 1. The number of carboxylic acid groups (broad SMARTS) is 1. The predicted molar refractivity (Wildman–Crippen MR) is 57.2 cm³/mol. The van der Waals surface area contributed by atoms with Crippen molar-refractivity contribution >= 4 is 5.97 Å². The second kappa shape index (κ2) is 4.17. The Morgan fingerprint density at radius 1 is 1.35 bits per heavy atom. The highest BCUT2D eigenvalue weighted by Crippen LogP contribution is 2.21. The van der Waals surface area contributed by atoms with Crippen LogP contribution in [0.3, 0.4) is 0 Å². The van der Waals surface area contributed by atoms with Crippen molar-refractivity contribution in [2.75, 3.05) is 0 Å². The maximum atomic E-state index is 13.8. The average Bonchev–Trinajstić information content (AvgIpc) is 2.30. The van der Waals surface area contributed by atoms with Crippen LogP contribution in [0, 0.1) is 5.82 Å². The van der Waals surface area contributed by atoms with Gasteiger partial charge in [-0.1, -0.05) is 12.1 Å². The number of nitrogens with zero attached hydrogens (tertiary/aromatic N) is 1. The minimum Gasteiger partial charge on any atom is -0.478 e. The van der Waals surface area contributed by atoms with Gasteiger partial charge in [0.2, 0.25) is 0 Å². The number of carboxylic acids is 1. The molecule has 0 atom stereocenters. The van der Waals surface area contributed by atoms with E-state index in [0.717, 1.165) is 6.07 Å². The summed E-state index contributed by atoms with van der Waals surface area (Å²) >= 11 is 0. The fourth-order valence-corrected chi connectivity index (χ4v) is 1.44. The third-order valence-corrected chi connectivity index (χ3v) is 2.24. The molecule has 2 N–H and O–H groups in total. The van der Waals surface area contributed by atoms with Crippen molar-refractivity contribution in [3.05, 3.63) is 52.5 Å². The SMILES string of the molecule is O=C(O)c1cccc(-c2cnc[nH]c2=O)c1F. The van der Waals surface area contributed by atoms with Crippen LogP contribution in [0.5, 0.6) is 0 Å². The number of halogens is 1. The number of rotatable bonds is 2. The topological polar surface area (TPSA) is 83.0 Å². The summed E-state index contributed by atoms with van der Waals surface area (Å²) in [6.45, 7) is 0. The van der Waals surface area contributed by atoms with E-state index in [1.807, 2.05) is 0 Å². The van der Waals surface area contributed by atoms with E-state index in [4.69, 9.17) is 5.11 Å². The summed E-state index contributed by atoms with van der Waals surface area (Å²) in [4.78, 5) is 28.2. The molecular formula is C11H7FN2O3. The molecule has 0 saturated heterocycles. The van der Waals surface area contributed by atoms with Gasteiger partial charge in [0.1, 0.15) is 5.82 Å². The molecule has 0 aliphatic heterocycles. The molecule has 6 heteroatoms. The second-order valence-electron chi connectivity index (χ2n) is 3.27. The standard InChI is InChI=1S/C11H7FN2O3/c12-9-6(2-1-3-7(9)11(16)17)8-4-13-5-14-10(8)15/h1-5H,(H,16,17)(H,13,14,15). The highest BCUT2D eigenvalue weighted by atomic mass is 19.1. The molecule has 17 heavy (non-hydrogen) atoms. The van der Waals surface area contributed by atoms with Crippen LogP contribution in [0.15, 0.2) is 35.5 Å². The normalized spacial score (nSPS) is 10.2. The Labute approximate surface area is 94.6 Å². The molecule has 2 rings (SSSR count). The Hall–Kier alpha value is -2.50. The van der Waals surface area contributed by atoms with Gasteiger partial charge in [-0.2, -0.15) is 0 Å². The van der Waals surface area contributed by atoms with Crippen LogP contribution in [0.25, 0.3) is 11.1 Å². The van der Waals surface area contributed by atoms with Crippen LogP contribution in [0.1, 0.15) is 10.4 Å². The van der Waals surface area contributed by atoms with E-state index in [0.29, 0.717) is 0 Å². The predicted octanol–water partition coefficient (Wildman–Crippen LogP) is 1.27. The zero-order valence-corrected chi connectivity index (χ0v) is 8.48. The lowest BCUT2D eigenvalue weighted by atomic mass is 10.0. The van der Waals surface area contributed by atoms with E-state index in [-0.39, 0.29) is 11.1 Å². The third-order valence-electron chi connectivity index (χ3n) is 2.24.